The second kappa shape index (κ2) is 6.08. The van der Waals surface area contributed by atoms with E-state index in [-0.39, 0.29) is 5.91 Å². The Hall–Kier alpha value is -2.10. The summed E-state index contributed by atoms with van der Waals surface area (Å²) in [6.45, 7) is 3.66. The number of piperidine rings is 1. The highest BCUT2D eigenvalue weighted by Crippen LogP contribution is 2.28. The lowest BCUT2D eigenvalue weighted by Crippen LogP contribution is -2.39. The van der Waals surface area contributed by atoms with Crippen molar-refractivity contribution in [2.45, 2.75) is 44.9 Å². The number of aryl methyl sites for hydroxylation is 4. The van der Waals surface area contributed by atoms with Crippen LogP contribution in [-0.4, -0.2) is 33.4 Å². The summed E-state index contributed by atoms with van der Waals surface area (Å²) < 4.78 is 2.11. The smallest absolute Gasteiger partial charge is 0.253 e. The third-order valence-corrected chi connectivity index (χ3v) is 5.45. The van der Waals surface area contributed by atoms with E-state index in [9.17, 15) is 4.79 Å². The van der Waals surface area contributed by atoms with E-state index >= 15 is 0 Å². The number of carbonyl (C=O) groups excluding carboxylic acids is 1. The van der Waals surface area contributed by atoms with Crippen molar-refractivity contribution < 1.29 is 4.79 Å². The maximum Gasteiger partial charge on any atom is 0.253 e. The van der Waals surface area contributed by atoms with Gasteiger partial charge in [-0.25, -0.2) is 4.98 Å². The number of nitrogens with zero attached hydrogens (tertiary/aromatic N) is 3. The van der Waals surface area contributed by atoms with Crippen LogP contribution < -0.4 is 0 Å². The number of amides is 1. The molecular formula is C20H25N3O. The molecule has 1 atom stereocenters. The van der Waals surface area contributed by atoms with Gasteiger partial charge in [0.2, 0.25) is 0 Å². The number of imidazole rings is 1. The minimum Gasteiger partial charge on any atom is -0.338 e. The minimum absolute atomic E-state index is 0.181. The SMILES string of the molecule is Cc1cn(C)c([C@@H]2CCCN(C(=O)c3ccc4c(c3)CCC4)C2)n1. The summed E-state index contributed by atoms with van der Waals surface area (Å²) in [7, 11) is 2.05. The van der Waals surface area contributed by atoms with Crippen LogP contribution >= 0.6 is 0 Å². The third-order valence-electron chi connectivity index (χ3n) is 5.45. The van der Waals surface area contributed by atoms with Crippen LogP contribution in [-0.2, 0) is 19.9 Å². The Labute approximate surface area is 143 Å². The van der Waals surface area contributed by atoms with Gasteiger partial charge in [-0.05, 0) is 62.3 Å². The first kappa shape index (κ1) is 15.4. The third kappa shape index (κ3) is 2.74. The van der Waals surface area contributed by atoms with Crippen LogP contribution in [0.4, 0.5) is 0 Å². The van der Waals surface area contributed by atoms with Gasteiger partial charge in [0, 0.05) is 37.8 Å². The van der Waals surface area contributed by atoms with E-state index in [0.717, 1.165) is 55.9 Å². The summed E-state index contributed by atoms with van der Waals surface area (Å²) in [5, 5.41) is 0. The lowest BCUT2D eigenvalue weighted by Gasteiger charge is -2.32. The number of benzene rings is 1. The molecule has 0 unspecified atom stereocenters. The molecule has 0 bridgehead atoms. The first-order valence-corrected chi connectivity index (χ1v) is 9.03. The number of hydrogen-bond acceptors (Lipinski definition) is 2. The molecule has 1 aromatic carbocycles. The fraction of sp³-hybridized carbons (Fsp3) is 0.500. The zero-order valence-electron chi connectivity index (χ0n) is 14.6. The lowest BCUT2D eigenvalue weighted by molar-refractivity contribution is 0.0703. The predicted octanol–water partition coefficient (Wildman–Crippen LogP) is 3.24. The van der Waals surface area contributed by atoms with E-state index in [1.807, 2.05) is 17.9 Å². The van der Waals surface area contributed by atoms with E-state index in [0.29, 0.717) is 5.92 Å². The number of fused-ring (bicyclic) bond motifs is 1. The highest BCUT2D eigenvalue weighted by molar-refractivity contribution is 5.94. The van der Waals surface area contributed by atoms with Gasteiger partial charge in [0.05, 0.1) is 5.69 Å². The maximum atomic E-state index is 13.0. The van der Waals surface area contributed by atoms with Crippen LogP contribution in [0.3, 0.4) is 0 Å². The van der Waals surface area contributed by atoms with E-state index in [4.69, 9.17) is 0 Å². The van der Waals surface area contributed by atoms with Gasteiger partial charge in [0.25, 0.3) is 5.91 Å². The van der Waals surface area contributed by atoms with Crippen molar-refractivity contribution in [2.75, 3.05) is 13.1 Å². The number of hydrogen-bond donors (Lipinski definition) is 0. The molecule has 1 amide bonds. The molecule has 1 saturated heterocycles. The van der Waals surface area contributed by atoms with Crippen LogP contribution in [0.15, 0.2) is 24.4 Å². The summed E-state index contributed by atoms with van der Waals surface area (Å²) in [6, 6.07) is 6.29. The summed E-state index contributed by atoms with van der Waals surface area (Å²) in [4.78, 5) is 19.7. The minimum atomic E-state index is 0.181. The molecule has 1 fully saturated rings. The second-order valence-electron chi connectivity index (χ2n) is 7.28. The van der Waals surface area contributed by atoms with Crippen molar-refractivity contribution in [2.24, 2.45) is 7.05 Å². The van der Waals surface area contributed by atoms with Gasteiger partial charge < -0.3 is 9.47 Å². The van der Waals surface area contributed by atoms with Gasteiger partial charge in [0.15, 0.2) is 0 Å². The van der Waals surface area contributed by atoms with Crippen molar-refractivity contribution >= 4 is 5.91 Å². The molecule has 4 rings (SSSR count). The standard InChI is InChI=1S/C20H25N3O/c1-14-12-22(2)19(21-14)18-7-4-10-23(13-18)20(24)17-9-8-15-5-3-6-16(15)11-17/h8-9,11-12,18H,3-7,10,13H2,1-2H3/t18-/m1/s1. The predicted molar refractivity (Wildman–Crippen MR) is 94.3 cm³/mol. The van der Waals surface area contributed by atoms with Crippen molar-refractivity contribution in [3.8, 4) is 0 Å². The molecule has 24 heavy (non-hydrogen) atoms. The lowest BCUT2D eigenvalue weighted by atomic mass is 9.96. The molecule has 0 N–H and O–H groups in total. The zero-order chi connectivity index (χ0) is 16.7. The molecule has 0 saturated carbocycles. The molecule has 4 heteroatoms. The van der Waals surface area contributed by atoms with E-state index in [1.165, 1.54) is 17.5 Å². The molecule has 4 nitrogen and oxygen atoms in total. The fourth-order valence-electron chi connectivity index (χ4n) is 4.27. The highest BCUT2D eigenvalue weighted by atomic mass is 16.2. The number of carbonyl (C=O) groups is 1. The molecule has 2 aromatic rings. The monoisotopic (exact) mass is 323 g/mol. The van der Waals surface area contributed by atoms with Crippen molar-refractivity contribution in [1.82, 2.24) is 14.5 Å². The van der Waals surface area contributed by atoms with Gasteiger partial charge in [-0.3, -0.25) is 4.79 Å². The normalized spacial score (nSPS) is 20.2. The van der Waals surface area contributed by atoms with Crippen LogP contribution in [0.2, 0.25) is 0 Å². The molecule has 0 radical (unpaired) electrons. The number of rotatable bonds is 2. The summed E-state index contributed by atoms with van der Waals surface area (Å²) in [5.41, 5.74) is 4.70. The maximum absolute atomic E-state index is 13.0. The van der Waals surface area contributed by atoms with E-state index in [2.05, 4.69) is 34.9 Å². The van der Waals surface area contributed by atoms with Crippen LogP contribution in [0, 0.1) is 6.92 Å². The van der Waals surface area contributed by atoms with E-state index < -0.39 is 0 Å². The average molecular weight is 323 g/mol. The largest absolute Gasteiger partial charge is 0.338 e. The number of likely N-dealkylation sites (tertiary alicyclic amines) is 1. The van der Waals surface area contributed by atoms with Gasteiger partial charge in [-0.15, -0.1) is 0 Å². The van der Waals surface area contributed by atoms with Crippen molar-refractivity contribution in [1.29, 1.82) is 0 Å². The molecule has 1 aromatic heterocycles. The number of aromatic nitrogens is 2. The second-order valence-corrected chi connectivity index (χ2v) is 7.28. The zero-order valence-corrected chi connectivity index (χ0v) is 14.6. The Balaban J connectivity index is 1.53. The van der Waals surface area contributed by atoms with Crippen LogP contribution in [0.1, 0.15) is 58.2 Å². The van der Waals surface area contributed by atoms with Crippen LogP contribution in [0.25, 0.3) is 0 Å². The van der Waals surface area contributed by atoms with Crippen molar-refractivity contribution in [3.63, 3.8) is 0 Å². The van der Waals surface area contributed by atoms with Crippen molar-refractivity contribution in [3.05, 3.63) is 52.6 Å². The van der Waals surface area contributed by atoms with Crippen LogP contribution in [0.5, 0.6) is 0 Å². The molecule has 1 aliphatic heterocycles. The topological polar surface area (TPSA) is 38.1 Å². The Morgan fingerprint density at radius 1 is 1.21 bits per heavy atom. The van der Waals surface area contributed by atoms with Gasteiger partial charge in [-0.1, -0.05) is 6.07 Å². The Bertz CT molecular complexity index is 777. The first-order chi connectivity index (χ1) is 11.6. The summed E-state index contributed by atoms with van der Waals surface area (Å²) >= 11 is 0. The quantitative estimate of drug-likeness (QED) is 0.851. The van der Waals surface area contributed by atoms with Gasteiger partial charge in [0.1, 0.15) is 5.82 Å². The Morgan fingerprint density at radius 3 is 2.83 bits per heavy atom. The molecule has 2 aliphatic rings. The summed E-state index contributed by atoms with van der Waals surface area (Å²) in [5.74, 6) is 1.63. The van der Waals surface area contributed by atoms with Gasteiger partial charge >= 0.3 is 0 Å². The Kier molecular flexibility index (Phi) is 3.91. The molecule has 2 heterocycles. The molecular weight excluding hydrogens is 298 g/mol. The Morgan fingerprint density at radius 2 is 2.04 bits per heavy atom. The fourth-order valence-corrected chi connectivity index (χ4v) is 4.27. The highest BCUT2D eigenvalue weighted by Gasteiger charge is 2.28. The summed E-state index contributed by atoms with van der Waals surface area (Å²) in [6.07, 6.45) is 7.72. The molecule has 126 valence electrons. The van der Waals surface area contributed by atoms with E-state index in [1.54, 1.807) is 0 Å². The first-order valence-electron chi connectivity index (χ1n) is 9.03. The average Bonchev–Trinajstić information content (AvgIpc) is 3.19. The molecule has 0 spiro atoms. The molecule has 1 aliphatic carbocycles. The van der Waals surface area contributed by atoms with Gasteiger partial charge in [-0.2, -0.15) is 0 Å².